The van der Waals surface area contributed by atoms with Gasteiger partial charge in [-0.1, -0.05) is 45.4 Å². The number of unbranched alkanes of at least 4 members (excludes halogenated alkanes) is 6. The van der Waals surface area contributed by atoms with Gasteiger partial charge in [0.1, 0.15) is 0 Å². The van der Waals surface area contributed by atoms with Gasteiger partial charge in [0, 0.05) is 32.7 Å². The lowest BCUT2D eigenvalue weighted by molar-refractivity contribution is 0.186. The number of aliphatic imine (C=N–C) groups is 1. The summed E-state index contributed by atoms with van der Waals surface area (Å²) in [5.74, 6) is 1.58. The van der Waals surface area contributed by atoms with Gasteiger partial charge in [-0.05, 0) is 12.8 Å². The number of halogens is 1. The molecule has 0 radical (unpaired) electrons. The molecule has 4 nitrogen and oxygen atoms in total. The van der Waals surface area contributed by atoms with E-state index in [9.17, 15) is 0 Å². The minimum Gasteiger partial charge on any atom is -0.381 e. The van der Waals surface area contributed by atoms with Crippen molar-refractivity contribution < 1.29 is 4.74 Å². The Labute approximate surface area is 147 Å². The summed E-state index contributed by atoms with van der Waals surface area (Å²) in [6.07, 6.45) is 10.6. The van der Waals surface area contributed by atoms with E-state index in [4.69, 9.17) is 4.74 Å². The van der Waals surface area contributed by atoms with Crippen LogP contribution < -0.4 is 10.6 Å². The highest BCUT2D eigenvalue weighted by Gasteiger charge is 2.15. The van der Waals surface area contributed by atoms with Crippen LogP contribution in [0.1, 0.15) is 58.3 Å². The maximum Gasteiger partial charge on any atom is 0.190 e. The van der Waals surface area contributed by atoms with Gasteiger partial charge in [-0.15, -0.1) is 24.0 Å². The van der Waals surface area contributed by atoms with Crippen LogP contribution in [0, 0.1) is 5.92 Å². The molecule has 0 aliphatic carbocycles. The maximum atomic E-state index is 5.38. The summed E-state index contributed by atoms with van der Waals surface area (Å²) < 4.78 is 5.38. The predicted octanol–water partition coefficient (Wildman–Crippen LogP) is 3.56. The Balaban J connectivity index is 0.00000400. The first-order valence-corrected chi connectivity index (χ1v) is 8.39. The fourth-order valence-corrected chi connectivity index (χ4v) is 2.49. The number of nitrogens with one attached hydrogen (secondary N) is 2. The maximum absolute atomic E-state index is 5.38. The Morgan fingerprint density at radius 3 is 2.43 bits per heavy atom. The van der Waals surface area contributed by atoms with Crippen molar-refractivity contribution in [3.8, 4) is 0 Å². The van der Waals surface area contributed by atoms with E-state index in [-0.39, 0.29) is 24.0 Å². The van der Waals surface area contributed by atoms with Gasteiger partial charge in [-0.25, -0.2) is 0 Å². The minimum atomic E-state index is 0. The second kappa shape index (κ2) is 14.9. The lowest BCUT2D eigenvalue weighted by Gasteiger charge is -2.14. The van der Waals surface area contributed by atoms with Gasteiger partial charge in [0.05, 0.1) is 6.61 Å². The summed E-state index contributed by atoms with van der Waals surface area (Å²) in [5.41, 5.74) is 0. The van der Waals surface area contributed by atoms with Crippen LogP contribution in [0.3, 0.4) is 0 Å². The molecule has 1 rings (SSSR count). The average molecular weight is 411 g/mol. The summed E-state index contributed by atoms with van der Waals surface area (Å²) in [6.45, 7) is 6.06. The van der Waals surface area contributed by atoms with Crippen molar-refractivity contribution >= 4 is 29.9 Å². The zero-order chi connectivity index (χ0) is 14.5. The van der Waals surface area contributed by atoms with Crippen LogP contribution in [0.25, 0.3) is 0 Å². The molecule has 1 aliphatic heterocycles. The summed E-state index contributed by atoms with van der Waals surface area (Å²) in [7, 11) is 1.84. The molecule has 5 heteroatoms. The van der Waals surface area contributed by atoms with Gasteiger partial charge in [-0.2, -0.15) is 0 Å². The quantitative estimate of drug-likeness (QED) is 0.250. The summed E-state index contributed by atoms with van der Waals surface area (Å²) in [5, 5.41) is 6.78. The number of hydrogen-bond donors (Lipinski definition) is 2. The first-order valence-electron chi connectivity index (χ1n) is 8.39. The number of nitrogens with zero attached hydrogens (tertiary/aromatic N) is 1. The molecule has 0 amide bonds. The Morgan fingerprint density at radius 2 is 1.81 bits per heavy atom. The second-order valence-corrected chi connectivity index (χ2v) is 5.73. The molecule has 1 heterocycles. The van der Waals surface area contributed by atoms with Crippen LogP contribution in [0.4, 0.5) is 0 Å². The largest absolute Gasteiger partial charge is 0.381 e. The molecule has 126 valence electrons. The van der Waals surface area contributed by atoms with Crippen molar-refractivity contribution in [3.63, 3.8) is 0 Å². The van der Waals surface area contributed by atoms with E-state index in [1.807, 2.05) is 7.05 Å². The van der Waals surface area contributed by atoms with Crippen LogP contribution in [0.5, 0.6) is 0 Å². The zero-order valence-electron chi connectivity index (χ0n) is 13.8. The Bertz CT molecular complexity index is 256. The van der Waals surface area contributed by atoms with E-state index in [1.165, 1.54) is 51.4 Å². The summed E-state index contributed by atoms with van der Waals surface area (Å²) >= 11 is 0. The van der Waals surface area contributed by atoms with Gasteiger partial charge in [0.25, 0.3) is 0 Å². The van der Waals surface area contributed by atoms with Gasteiger partial charge < -0.3 is 15.4 Å². The highest BCUT2D eigenvalue weighted by molar-refractivity contribution is 14.0. The van der Waals surface area contributed by atoms with Crippen LogP contribution in [-0.4, -0.2) is 39.3 Å². The monoisotopic (exact) mass is 411 g/mol. The van der Waals surface area contributed by atoms with Gasteiger partial charge in [0.15, 0.2) is 5.96 Å². The third-order valence-electron chi connectivity index (χ3n) is 3.88. The molecule has 2 N–H and O–H groups in total. The smallest absolute Gasteiger partial charge is 0.190 e. The molecule has 21 heavy (non-hydrogen) atoms. The van der Waals surface area contributed by atoms with E-state index in [2.05, 4.69) is 22.5 Å². The van der Waals surface area contributed by atoms with Crippen LogP contribution >= 0.6 is 24.0 Å². The minimum absolute atomic E-state index is 0. The third-order valence-corrected chi connectivity index (χ3v) is 3.88. The van der Waals surface area contributed by atoms with Crippen molar-refractivity contribution in [3.05, 3.63) is 0 Å². The molecule has 0 bridgehead atoms. The van der Waals surface area contributed by atoms with Crippen molar-refractivity contribution in [2.45, 2.75) is 58.3 Å². The highest BCUT2D eigenvalue weighted by Crippen LogP contribution is 2.10. The number of hydrogen-bond acceptors (Lipinski definition) is 2. The van der Waals surface area contributed by atoms with Crippen molar-refractivity contribution in [2.24, 2.45) is 10.9 Å². The van der Waals surface area contributed by atoms with Crippen LogP contribution in [0.15, 0.2) is 4.99 Å². The Morgan fingerprint density at radius 1 is 1.10 bits per heavy atom. The molecular weight excluding hydrogens is 377 g/mol. The van der Waals surface area contributed by atoms with Crippen molar-refractivity contribution in [1.29, 1.82) is 0 Å². The van der Waals surface area contributed by atoms with Gasteiger partial charge >= 0.3 is 0 Å². The third kappa shape index (κ3) is 11.2. The zero-order valence-corrected chi connectivity index (χ0v) is 16.2. The fraction of sp³-hybridized carbons (Fsp3) is 0.938. The molecule has 1 saturated heterocycles. The Hall–Kier alpha value is -0.0400. The number of ether oxygens (including phenoxy) is 1. The van der Waals surface area contributed by atoms with Gasteiger partial charge in [-0.3, -0.25) is 4.99 Å². The predicted molar refractivity (Wildman–Crippen MR) is 102 cm³/mol. The summed E-state index contributed by atoms with van der Waals surface area (Å²) in [6, 6.07) is 0. The van der Waals surface area contributed by atoms with E-state index in [1.54, 1.807) is 0 Å². The molecule has 0 spiro atoms. The fourth-order valence-electron chi connectivity index (χ4n) is 2.49. The van der Waals surface area contributed by atoms with Crippen molar-refractivity contribution in [2.75, 3.05) is 33.4 Å². The molecule has 1 aliphatic rings. The molecule has 0 aromatic heterocycles. The topological polar surface area (TPSA) is 45.7 Å². The van der Waals surface area contributed by atoms with Gasteiger partial charge in [0.2, 0.25) is 0 Å². The molecule has 0 aromatic rings. The van der Waals surface area contributed by atoms with E-state index in [0.29, 0.717) is 5.92 Å². The van der Waals surface area contributed by atoms with Crippen LogP contribution in [0.2, 0.25) is 0 Å². The normalized spacial score (nSPS) is 18.4. The lowest BCUT2D eigenvalue weighted by Crippen LogP contribution is -2.40. The van der Waals surface area contributed by atoms with E-state index < -0.39 is 0 Å². The lowest BCUT2D eigenvalue weighted by atomic mass is 10.1. The second-order valence-electron chi connectivity index (χ2n) is 5.73. The average Bonchev–Trinajstić information content (AvgIpc) is 2.98. The molecule has 0 aromatic carbocycles. The number of guanidine groups is 1. The highest BCUT2D eigenvalue weighted by atomic mass is 127. The van der Waals surface area contributed by atoms with Crippen molar-refractivity contribution in [1.82, 2.24) is 10.6 Å². The molecule has 1 unspecified atom stereocenters. The van der Waals surface area contributed by atoms with E-state index >= 15 is 0 Å². The molecule has 1 fully saturated rings. The SMILES string of the molecule is CCCCCCCCCNC(=NC)NCC1CCOC1.I. The Kier molecular flexibility index (Phi) is 14.9. The molecule has 1 atom stereocenters. The first-order chi connectivity index (χ1) is 9.86. The number of rotatable bonds is 10. The molecule has 0 saturated carbocycles. The van der Waals surface area contributed by atoms with Crippen LogP contribution in [-0.2, 0) is 4.74 Å². The first kappa shape index (κ1) is 21.0. The van der Waals surface area contributed by atoms with E-state index in [0.717, 1.165) is 32.3 Å². The standard InChI is InChI=1S/C16H33N3O.HI/c1-3-4-5-6-7-8-9-11-18-16(17-2)19-13-15-10-12-20-14-15;/h15H,3-14H2,1-2H3,(H2,17,18,19);1H. The molecular formula is C16H34IN3O. The summed E-state index contributed by atoms with van der Waals surface area (Å²) in [4.78, 5) is 4.26.